The number of hydrogen-bond acceptors (Lipinski definition) is 6. The summed E-state index contributed by atoms with van der Waals surface area (Å²) in [7, 11) is 1.36. The Morgan fingerprint density at radius 3 is 3.04 bits per heavy atom. The van der Waals surface area contributed by atoms with Crippen molar-refractivity contribution in [3.8, 4) is 11.6 Å². The Kier molecular flexibility index (Phi) is 3.46. The molecule has 3 aromatic rings. The first-order valence-electron chi connectivity index (χ1n) is 7.38. The molecule has 0 unspecified atom stereocenters. The molecule has 6 heteroatoms. The molecule has 2 heterocycles. The predicted octanol–water partition coefficient (Wildman–Crippen LogP) is 3.76. The zero-order valence-electron chi connectivity index (χ0n) is 12.5. The molecular formula is C17H14N2O3S. The summed E-state index contributed by atoms with van der Waals surface area (Å²) in [5, 5.41) is 1.01. The third-order valence-corrected chi connectivity index (χ3v) is 5.14. The second-order valence-electron chi connectivity index (χ2n) is 5.34. The predicted molar refractivity (Wildman–Crippen MR) is 87.3 cm³/mol. The van der Waals surface area contributed by atoms with Gasteiger partial charge in [-0.3, -0.25) is 0 Å². The monoisotopic (exact) mass is 326 g/mol. The van der Waals surface area contributed by atoms with Gasteiger partial charge in [-0.2, -0.15) is 0 Å². The Hall–Kier alpha value is -2.47. The molecule has 0 aliphatic heterocycles. The molecular weight excluding hydrogens is 312 g/mol. The minimum absolute atomic E-state index is 0.389. The average Bonchev–Trinajstić information content (AvgIpc) is 3.15. The highest BCUT2D eigenvalue weighted by atomic mass is 32.1. The van der Waals surface area contributed by atoms with E-state index in [-0.39, 0.29) is 5.97 Å². The van der Waals surface area contributed by atoms with Crippen molar-refractivity contribution < 1.29 is 14.3 Å². The van der Waals surface area contributed by atoms with Crippen LogP contribution in [-0.4, -0.2) is 23.0 Å². The van der Waals surface area contributed by atoms with E-state index in [1.165, 1.54) is 30.3 Å². The molecule has 0 saturated carbocycles. The van der Waals surface area contributed by atoms with Crippen molar-refractivity contribution in [2.75, 3.05) is 7.11 Å². The van der Waals surface area contributed by atoms with Crippen molar-refractivity contribution in [1.29, 1.82) is 0 Å². The maximum atomic E-state index is 11.6. The second-order valence-corrected chi connectivity index (χ2v) is 6.42. The largest absolute Gasteiger partial charge is 0.465 e. The molecule has 116 valence electrons. The lowest BCUT2D eigenvalue weighted by Crippen LogP contribution is -2.01. The van der Waals surface area contributed by atoms with Gasteiger partial charge in [0.2, 0.25) is 5.88 Å². The minimum atomic E-state index is -0.389. The van der Waals surface area contributed by atoms with Crippen LogP contribution in [0, 0.1) is 0 Å². The lowest BCUT2D eigenvalue weighted by molar-refractivity contribution is 0.0600. The van der Waals surface area contributed by atoms with Crippen molar-refractivity contribution >= 4 is 27.5 Å². The fraction of sp³-hybridized carbons (Fsp3) is 0.235. The van der Waals surface area contributed by atoms with Gasteiger partial charge in [-0.25, -0.2) is 14.8 Å². The van der Waals surface area contributed by atoms with Crippen LogP contribution in [0.5, 0.6) is 11.6 Å². The van der Waals surface area contributed by atoms with Crippen LogP contribution in [0.1, 0.15) is 27.2 Å². The molecule has 1 aromatic carbocycles. The molecule has 23 heavy (non-hydrogen) atoms. The van der Waals surface area contributed by atoms with E-state index in [1.807, 2.05) is 0 Å². The molecule has 0 amide bonds. The molecule has 0 saturated heterocycles. The maximum absolute atomic E-state index is 11.6. The number of rotatable bonds is 3. The van der Waals surface area contributed by atoms with Gasteiger partial charge in [0.1, 0.15) is 16.9 Å². The van der Waals surface area contributed by atoms with E-state index in [0.717, 1.165) is 23.1 Å². The van der Waals surface area contributed by atoms with Crippen LogP contribution in [-0.2, 0) is 17.6 Å². The number of nitrogens with zero attached hydrogens (tertiary/aromatic N) is 2. The molecule has 0 N–H and O–H groups in total. The number of hydrogen-bond donors (Lipinski definition) is 0. The van der Waals surface area contributed by atoms with Crippen LogP contribution in [0.4, 0.5) is 0 Å². The number of carbonyl (C=O) groups excluding carboxylic acids is 1. The summed E-state index contributed by atoms with van der Waals surface area (Å²) < 4.78 is 10.7. The summed E-state index contributed by atoms with van der Waals surface area (Å²) in [6, 6.07) is 6.91. The Labute approximate surface area is 136 Å². The Bertz CT molecular complexity index is 904. The van der Waals surface area contributed by atoms with E-state index in [9.17, 15) is 4.79 Å². The highest BCUT2D eigenvalue weighted by Gasteiger charge is 2.22. The van der Waals surface area contributed by atoms with Gasteiger partial charge in [0.15, 0.2) is 0 Å². The zero-order chi connectivity index (χ0) is 15.8. The van der Waals surface area contributed by atoms with Gasteiger partial charge < -0.3 is 9.47 Å². The number of aromatic nitrogens is 2. The van der Waals surface area contributed by atoms with Crippen molar-refractivity contribution in [2.24, 2.45) is 0 Å². The quantitative estimate of drug-likeness (QED) is 0.686. The number of esters is 1. The third kappa shape index (κ3) is 2.45. The Balaban J connectivity index is 1.75. The van der Waals surface area contributed by atoms with Crippen molar-refractivity contribution in [3.63, 3.8) is 0 Å². The van der Waals surface area contributed by atoms with E-state index in [1.54, 1.807) is 35.6 Å². The standard InChI is InChI=1S/C17H14N2O3S/c1-21-17(20)10-4-2-5-11(8-10)22-15-14-12-6-3-7-13(12)23-16(14)19-9-18-15/h2,4-5,8-9H,3,6-7H2,1H3. The maximum Gasteiger partial charge on any atom is 0.337 e. The number of aryl methyl sites for hydroxylation is 2. The molecule has 2 aromatic heterocycles. The van der Waals surface area contributed by atoms with Crippen molar-refractivity contribution in [2.45, 2.75) is 19.3 Å². The van der Waals surface area contributed by atoms with Gasteiger partial charge in [-0.05, 0) is 43.0 Å². The van der Waals surface area contributed by atoms with Crippen LogP contribution in [0.3, 0.4) is 0 Å². The van der Waals surface area contributed by atoms with Gasteiger partial charge in [0.05, 0.1) is 18.1 Å². The van der Waals surface area contributed by atoms with Crippen molar-refractivity contribution in [3.05, 3.63) is 46.6 Å². The first-order chi connectivity index (χ1) is 11.3. The normalized spacial score (nSPS) is 13.1. The molecule has 0 radical (unpaired) electrons. The van der Waals surface area contributed by atoms with Crippen LogP contribution < -0.4 is 4.74 Å². The molecule has 5 nitrogen and oxygen atoms in total. The van der Waals surface area contributed by atoms with E-state index in [4.69, 9.17) is 9.47 Å². The number of methoxy groups -OCH3 is 1. The summed E-state index contributed by atoms with van der Waals surface area (Å²) in [4.78, 5) is 22.6. The highest BCUT2D eigenvalue weighted by molar-refractivity contribution is 7.18. The molecule has 0 bridgehead atoms. The smallest absolute Gasteiger partial charge is 0.337 e. The topological polar surface area (TPSA) is 61.3 Å². The Morgan fingerprint density at radius 2 is 2.17 bits per heavy atom. The van der Waals surface area contributed by atoms with Gasteiger partial charge in [0.25, 0.3) is 0 Å². The molecule has 0 atom stereocenters. The fourth-order valence-corrected chi connectivity index (χ4v) is 4.11. The SMILES string of the molecule is COC(=O)c1cccc(Oc2ncnc3sc4c(c23)CCC4)c1. The van der Waals surface area contributed by atoms with E-state index in [0.29, 0.717) is 17.2 Å². The minimum Gasteiger partial charge on any atom is -0.465 e. The number of ether oxygens (including phenoxy) is 2. The van der Waals surface area contributed by atoms with E-state index in [2.05, 4.69) is 9.97 Å². The lowest BCUT2D eigenvalue weighted by Gasteiger charge is -2.07. The highest BCUT2D eigenvalue weighted by Crippen LogP contribution is 2.40. The summed E-state index contributed by atoms with van der Waals surface area (Å²) in [6.07, 6.45) is 4.84. The first-order valence-corrected chi connectivity index (χ1v) is 8.19. The Morgan fingerprint density at radius 1 is 1.26 bits per heavy atom. The molecule has 1 aliphatic carbocycles. The third-order valence-electron chi connectivity index (χ3n) is 3.94. The number of fused-ring (bicyclic) bond motifs is 3. The fourth-order valence-electron chi connectivity index (χ4n) is 2.89. The van der Waals surface area contributed by atoms with Crippen LogP contribution in [0.15, 0.2) is 30.6 Å². The summed E-state index contributed by atoms with van der Waals surface area (Å²) in [5.74, 6) is 0.724. The van der Waals surface area contributed by atoms with E-state index >= 15 is 0 Å². The number of carbonyl (C=O) groups is 1. The second kappa shape index (κ2) is 5.62. The molecule has 1 aliphatic rings. The van der Waals surface area contributed by atoms with Gasteiger partial charge in [0, 0.05) is 4.88 Å². The average molecular weight is 326 g/mol. The summed E-state index contributed by atoms with van der Waals surface area (Å²) in [6.45, 7) is 0. The summed E-state index contributed by atoms with van der Waals surface area (Å²) >= 11 is 1.72. The summed E-state index contributed by atoms with van der Waals surface area (Å²) in [5.41, 5.74) is 1.76. The zero-order valence-corrected chi connectivity index (χ0v) is 13.4. The van der Waals surface area contributed by atoms with Crippen molar-refractivity contribution in [1.82, 2.24) is 9.97 Å². The number of thiophene rings is 1. The van der Waals surface area contributed by atoms with Crippen LogP contribution in [0.2, 0.25) is 0 Å². The van der Waals surface area contributed by atoms with Gasteiger partial charge >= 0.3 is 5.97 Å². The molecule has 4 rings (SSSR count). The van der Waals surface area contributed by atoms with E-state index < -0.39 is 0 Å². The van der Waals surface area contributed by atoms with Crippen LogP contribution in [0.25, 0.3) is 10.2 Å². The lowest BCUT2D eigenvalue weighted by atomic mass is 10.2. The first kappa shape index (κ1) is 14.1. The molecule has 0 spiro atoms. The van der Waals surface area contributed by atoms with Gasteiger partial charge in [-0.15, -0.1) is 11.3 Å². The van der Waals surface area contributed by atoms with Crippen LogP contribution >= 0.6 is 11.3 Å². The molecule has 0 fully saturated rings. The van der Waals surface area contributed by atoms with Gasteiger partial charge in [-0.1, -0.05) is 6.07 Å². The number of benzene rings is 1.